The Balaban J connectivity index is 3.03. The monoisotopic (exact) mass is 111 g/mol. The van der Waals surface area contributed by atoms with Gasteiger partial charge in [0.15, 0.2) is 0 Å². The predicted molar refractivity (Wildman–Crippen MR) is 28.9 cm³/mol. The van der Waals surface area contributed by atoms with Gasteiger partial charge >= 0.3 is 0 Å². The van der Waals surface area contributed by atoms with Gasteiger partial charge in [-0.2, -0.15) is 0 Å². The largest absolute Gasteiger partial charge is 0.259 e. The van der Waals surface area contributed by atoms with Gasteiger partial charge in [-0.15, -0.1) is 0 Å². The lowest BCUT2D eigenvalue weighted by molar-refractivity contribution is 0.620. The van der Waals surface area contributed by atoms with Crippen molar-refractivity contribution in [3.8, 4) is 0 Å². The maximum Gasteiger partial charge on any atom is 0.141 e. The first-order chi connectivity index (χ1) is 3.79. The summed E-state index contributed by atoms with van der Waals surface area (Å²) in [7, 11) is 0. The summed E-state index contributed by atoms with van der Waals surface area (Å²) in [6.07, 6.45) is 1.20. The number of hydrogen-bond acceptors (Lipinski definition) is 1. The molecule has 2 heteroatoms. The third kappa shape index (κ3) is 1.03. The van der Waals surface area contributed by atoms with E-state index in [2.05, 4.69) is 4.98 Å². The van der Waals surface area contributed by atoms with Gasteiger partial charge in [0.1, 0.15) is 5.82 Å². The minimum Gasteiger partial charge on any atom is -0.259 e. The third-order valence-corrected chi connectivity index (χ3v) is 0.875. The van der Waals surface area contributed by atoms with Crippen LogP contribution in [0.2, 0.25) is 0 Å². The molecule has 1 aromatic heterocycles. The van der Waals surface area contributed by atoms with E-state index in [-0.39, 0.29) is 5.82 Å². The van der Waals surface area contributed by atoms with E-state index in [1.807, 2.05) is 6.92 Å². The minimum absolute atomic E-state index is 0.282. The van der Waals surface area contributed by atoms with Gasteiger partial charge in [0.2, 0.25) is 0 Å². The molecule has 0 fully saturated rings. The molecular weight excluding hydrogens is 105 g/mol. The zero-order valence-electron chi connectivity index (χ0n) is 4.56. The number of aryl methyl sites for hydroxylation is 1. The van der Waals surface area contributed by atoms with Gasteiger partial charge in [0.05, 0.1) is 6.20 Å². The highest BCUT2D eigenvalue weighted by molar-refractivity contribution is 5.02. The molecule has 0 aromatic carbocycles. The molecule has 1 heterocycles. The number of pyridine rings is 1. The minimum atomic E-state index is -0.282. The van der Waals surface area contributed by atoms with Gasteiger partial charge < -0.3 is 0 Å². The predicted octanol–water partition coefficient (Wildman–Crippen LogP) is 1.53. The summed E-state index contributed by atoms with van der Waals surface area (Å²) in [5.74, 6) is -0.282. The van der Waals surface area contributed by atoms with Gasteiger partial charge in [0, 0.05) is 5.69 Å². The second-order valence-electron chi connectivity index (χ2n) is 1.62. The summed E-state index contributed by atoms with van der Waals surface area (Å²) >= 11 is 0. The molecule has 0 aliphatic carbocycles. The Morgan fingerprint density at radius 3 is 2.62 bits per heavy atom. The number of nitrogens with zero attached hydrogens (tertiary/aromatic N) is 1. The summed E-state index contributed by atoms with van der Waals surface area (Å²) in [5.41, 5.74) is 0.839. The highest BCUT2D eigenvalue weighted by atomic mass is 19.1. The molecule has 0 bridgehead atoms. The van der Waals surface area contributed by atoms with E-state index in [1.165, 1.54) is 12.3 Å². The Kier molecular flexibility index (Phi) is 1.24. The molecule has 0 spiro atoms. The van der Waals surface area contributed by atoms with Crippen LogP contribution >= 0.6 is 0 Å². The lowest BCUT2D eigenvalue weighted by Crippen LogP contribution is -1.79. The number of aromatic nitrogens is 1. The maximum absolute atomic E-state index is 12.0. The molecule has 0 aliphatic heterocycles. The number of rotatable bonds is 0. The molecule has 0 N–H and O–H groups in total. The van der Waals surface area contributed by atoms with Crippen LogP contribution in [0.15, 0.2) is 18.3 Å². The fourth-order valence-electron chi connectivity index (χ4n) is 0.450. The van der Waals surface area contributed by atoms with E-state index in [9.17, 15) is 4.39 Å². The van der Waals surface area contributed by atoms with Crippen molar-refractivity contribution >= 4 is 0 Å². The topological polar surface area (TPSA) is 12.9 Å². The molecule has 0 saturated heterocycles. The number of hydrogen-bond donors (Lipinski definition) is 0. The fraction of sp³-hybridized carbons (Fsp3) is 0.167. The highest BCUT2D eigenvalue weighted by Crippen LogP contribution is 1.94. The highest BCUT2D eigenvalue weighted by Gasteiger charge is 1.84. The van der Waals surface area contributed by atoms with Gasteiger partial charge in [-0.3, -0.25) is 4.98 Å². The summed E-state index contributed by atoms with van der Waals surface area (Å²) in [6, 6.07) is 3.03. The zero-order chi connectivity index (χ0) is 5.98. The second kappa shape index (κ2) is 1.90. The normalized spacial score (nSPS) is 9.25. The van der Waals surface area contributed by atoms with Crippen LogP contribution in [-0.4, -0.2) is 4.98 Å². The zero-order valence-corrected chi connectivity index (χ0v) is 4.56. The fourth-order valence-corrected chi connectivity index (χ4v) is 0.450. The van der Waals surface area contributed by atoms with Crippen molar-refractivity contribution in [2.75, 3.05) is 0 Å². The summed E-state index contributed by atoms with van der Waals surface area (Å²) in [6.45, 7) is 1.82. The first kappa shape index (κ1) is 5.22. The molecule has 0 amide bonds. The molecule has 0 aliphatic rings. The lowest BCUT2D eigenvalue weighted by atomic mass is 10.4. The SMILES string of the molecule is Cc1ccc(F)cn1. The van der Waals surface area contributed by atoms with E-state index >= 15 is 0 Å². The van der Waals surface area contributed by atoms with Gasteiger partial charge in [-0.25, -0.2) is 4.39 Å². The van der Waals surface area contributed by atoms with Crippen molar-refractivity contribution in [2.24, 2.45) is 0 Å². The first-order valence-corrected chi connectivity index (χ1v) is 2.37. The Hall–Kier alpha value is -0.920. The molecule has 1 nitrogen and oxygen atoms in total. The summed E-state index contributed by atoms with van der Waals surface area (Å²) in [5, 5.41) is 0. The quantitative estimate of drug-likeness (QED) is 0.494. The van der Waals surface area contributed by atoms with Gasteiger partial charge in [0.25, 0.3) is 0 Å². The Bertz CT molecular complexity index is 147. The Labute approximate surface area is 47.2 Å². The average Bonchev–Trinajstić information content (AvgIpc) is 1.77. The summed E-state index contributed by atoms with van der Waals surface area (Å²) < 4.78 is 12.0. The van der Waals surface area contributed by atoms with Crippen LogP contribution in [0.3, 0.4) is 0 Å². The standard InChI is InChI=1S/C6H6FN/c1-5-2-3-6(7)4-8-5/h2-4H,1H3. The van der Waals surface area contributed by atoms with Gasteiger partial charge in [-0.05, 0) is 19.1 Å². The lowest BCUT2D eigenvalue weighted by Gasteiger charge is -1.86. The van der Waals surface area contributed by atoms with Gasteiger partial charge in [-0.1, -0.05) is 0 Å². The molecule has 0 saturated carbocycles. The molecular formula is C6H6FN. The Morgan fingerprint density at radius 1 is 1.50 bits per heavy atom. The second-order valence-corrected chi connectivity index (χ2v) is 1.62. The molecule has 1 aromatic rings. The molecule has 0 radical (unpaired) electrons. The van der Waals surface area contributed by atoms with Crippen molar-refractivity contribution in [3.05, 3.63) is 29.8 Å². The number of halogens is 1. The van der Waals surface area contributed by atoms with Crippen molar-refractivity contribution < 1.29 is 4.39 Å². The molecule has 0 atom stereocenters. The van der Waals surface area contributed by atoms with Crippen LogP contribution in [0.5, 0.6) is 0 Å². The van der Waals surface area contributed by atoms with E-state index in [0.29, 0.717) is 0 Å². The van der Waals surface area contributed by atoms with E-state index in [1.54, 1.807) is 6.07 Å². The van der Waals surface area contributed by atoms with Crippen molar-refractivity contribution in [2.45, 2.75) is 6.92 Å². The molecule has 42 valence electrons. The summed E-state index contributed by atoms with van der Waals surface area (Å²) in [4.78, 5) is 3.70. The van der Waals surface area contributed by atoms with Crippen LogP contribution in [0, 0.1) is 12.7 Å². The van der Waals surface area contributed by atoms with Crippen molar-refractivity contribution in [1.82, 2.24) is 4.98 Å². The van der Waals surface area contributed by atoms with E-state index < -0.39 is 0 Å². The average molecular weight is 111 g/mol. The smallest absolute Gasteiger partial charge is 0.141 e. The van der Waals surface area contributed by atoms with E-state index in [4.69, 9.17) is 0 Å². The van der Waals surface area contributed by atoms with Crippen LogP contribution < -0.4 is 0 Å². The Morgan fingerprint density at radius 2 is 2.25 bits per heavy atom. The molecule has 0 unspecified atom stereocenters. The third-order valence-electron chi connectivity index (χ3n) is 0.875. The van der Waals surface area contributed by atoms with Crippen molar-refractivity contribution in [3.63, 3.8) is 0 Å². The van der Waals surface area contributed by atoms with Crippen LogP contribution in [0.25, 0.3) is 0 Å². The van der Waals surface area contributed by atoms with Crippen LogP contribution in [-0.2, 0) is 0 Å². The van der Waals surface area contributed by atoms with E-state index in [0.717, 1.165) is 5.69 Å². The molecule has 8 heavy (non-hydrogen) atoms. The van der Waals surface area contributed by atoms with Crippen LogP contribution in [0.1, 0.15) is 5.69 Å². The van der Waals surface area contributed by atoms with Crippen LogP contribution in [0.4, 0.5) is 4.39 Å². The molecule has 1 rings (SSSR count). The first-order valence-electron chi connectivity index (χ1n) is 2.37. The van der Waals surface area contributed by atoms with Crippen molar-refractivity contribution in [1.29, 1.82) is 0 Å². The maximum atomic E-state index is 12.0.